The van der Waals surface area contributed by atoms with E-state index in [1.165, 1.54) is 11.1 Å². The van der Waals surface area contributed by atoms with Crippen LogP contribution in [0.1, 0.15) is 44.4 Å². The number of hydrogen-bond donors (Lipinski definition) is 2. The molecule has 2 aromatic rings. The summed E-state index contributed by atoms with van der Waals surface area (Å²) in [7, 11) is 0. The SMILES string of the molecule is CCCNC(c1ccn(Cc2ccc(O)cc2)c1)C(C)C. The Labute approximate surface area is 127 Å². The molecule has 0 aliphatic rings. The summed E-state index contributed by atoms with van der Waals surface area (Å²) < 4.78 is 2.20. The molecular weight excluding hydrogens is 260 g/mol. The van der Waals surface area contributed by atoms with Crippen LogP contribution in [0, 0.1) is 5.92 Å². The van der Waals surface area contributed by atoms with E-state index in [1.807, 2.05) is 12.1 Å². The normalized spacial score (nSPS) is 12.8. The zero-order valence-corrected chi connectivity index (χ0v) is 13.2. The predicted octanol–water partition coefficient (Wildman–Crippen LogP) is 3.94. The maximum absolute atomic E-state index is 9.33. The molecule has 0 spiro atoms. The third-order valence-corrected chi connectivity index (χ3v) is 3.71. The molecule has 0 aliphatic carbocycles. The van der Waals surface area contributed by atoms with Crippen LogP contribution in [0.3, 0.4) is 0 Å². The van der Waals surface area contributed by atoms with Gasteiger partial charge < -0.3 is 15.0 Å². The van der Waals surface area contributed by atoms with E-state index < -0.39 is 0 Å². The number of phenolic OH excluding ortho intramolecular Hbond substituents is 1. The van der Waals surface area contributed by atoms with Crippen molar-refractivity contribution in [1.29, 1.82) is 0 Å². The number of aromatic hydroxyl groups is 1. The maximum Gasteiger partial charge on any atom is 0.115 e. The highest BCUT2D eigenvalue weighted by Crippen LogP contribution is 2.22. The molecule has 2 N–H and O–H groups in total. The fourth-order valence-electron chi connectivity index (χ4n) is 2.59. The third kappa shape index (κ3) is 4.36. The van der Waals surface area contributed by atoms with Gasteiger partial charge in [0.15, 0.2) is 0 Å². The van der Waals surface area contributed by atoms with Crippen molar-refractivity contribution in [2.75, 3.05) is 6.54 Å². The Hall–Kier alpha value is -1.74. The van der Waals surface area contributed by atoms with E-state index in [0.717, 1.165) is 19.5 Å². The first kappa shape index (κ1) is 15.6. The second-order valence-electron chi connectivity index (χ2n) is 5.96. The Kier molecular flexibility index (Phi) is 5.45. The van der Waals surface area contributed by atoms with Crippen LogP contribution in [-0.2, 0) is 6.54 Å². The minimum atomic E-state index is 0.315. The average Bonchev–Trinajstić information content (AvgIpc) is 2.90. The van der Waals surface area contributed by atoms with Crippen LogP contribution in [0.4, 0.5) is 0 Å². The van der Waals surface area contributed by atoms with E-state index >= 15 is 0 Å². The van der Waals surface area contributed by atoms with Crippen molar-refractivity contribution in [3.05, 3.63) is 53.9 Å². The molecule has 0 saturated carbocycles. The van der Waals surface area contributed by atoms with E-state index in [2.05, 4.69) is 49.1 Å². The van der Waals surface area contributed by atoms with Crippen LogP contribution in [-0.4, -0.2) is 16.2 Å². The Morgan fingerprint density at radius 3 is 2.48 bits per heavy atom. The summed E-state index contributed by atoms with van der Waals surface area (Å²) in [6.07, 6.45) is 5.50. The fourth-order valence-corrected chi connectivity index (χ4v) is 2.59. The van der Waals surface area contributed by atoms with Gasteiger partial charge in [0.1, 0.15) is 5.75 Å². The molecule has 1 aromatic heterocycles. The molecular formula is C18H26N2O. The second kappa shape index (κ2) is 7.32. The monoisotopic (exact) mass is 286 g/mol. The van der Waals surface area contributed by atoms with E-state index in [0.29, 0.717) is 17.7 Å². The van der Waals surface area contributed by atoms with Crippen LogP contribution in [0.25, 0.3) is 0 Å². The summed E-state index contributed by atoms with van der Waals surface area (Å²) >= 11 is 0. The number of nitrogens with one attached hydrogen (secondary N) is 1. The first-order valence-corrected chi connectivity index (χ1v) is 7.77. The lowest BCUT2D eigenvalue weighted by Crippen LogP contribution is -2.26. The van der Waals surface area contributed by atoms with Crippen molar-refractivity contribution in [1.82, 2.24) is 9.88 Å². The van der Waals surface area contributed by atoms with Crippen molar-refractivity contribution < 1.29 is 5.11 Å². The van der Waals surface area contributed by atoms with Crippen LogP contribution in [0.5, 0.6) is 5.75 Å². The standard InChI is InChI=1S/C18H26N2O/c1-4-10-19-18(14(2)3)16-9-11-20(13-16)12-15-5-7-17(21)8-6-15/h5-9,11,13-14,18-19,21H,4,10,12H2,1-3H3. The third-order valence-electron chi connectivity index (χ3n) is 3.71. The van der Waals surface area contributed by atoms with Crippen LogP contribution < -0.4 is 5.32 Å². The molecule has 2 rings (SSSR count). The van der Waals surface area contributed by atoms with Crippen molar-refractivity contribution in [2.24, 2.45) is 5.92 Å². The first-order chi connectivity index (χ1) is 10.1. The quantitative estimate of drug-likeness (QED) is 0.809. The van der Waals surface area contributed by atoms with Crippen molar-refractivity contribution in [3.8, 4) is 5.75 Å². The highest BCUT2D eigenvalue weighted by molar-refractivity contribution is 5.26. The molecule has 0 radical (unpaired) electrons. The molecule has 3 heteroatoms. The fraction of sp³-hybridized carbons (Fsp3) is 0.444. The summed E-state index contributed by atoms with van der Waals surface area (Å²) in [6.45, 7) is 8.58. The molecule has 3 nitrogen and oxygen atoms in total. The summed E-state index contributed by atoms with van der Waals surface area (Å²) in [5, 5.41) is 13.0. The first-order valence-electron chi connectivity index (χ1n) is 7.77. The average molecular weight is 286 g/mol. The van der Waals surface area contributed by atoms with Gasteiger partial charge in [-0.3, -0.25) is 0 Å². The zero-order chi connectivity index (χ0) is 15.2. The van der Waals surface area contributed by atoms with Crippen LogP contribution >= 0.6 is 0 Å². The van der Waals surface area contributed by atoms with Crippen molar-refractivity contribution >= 4 is 0 Å². The van der Waals surface area contributed by atoms with Gasteiger partial charge in [-0.15, -0.1) is 0 Å². The second-order valence-corrected chi connectivity index (χ2v) is 5.96. The van der Waals surface area contributed by atoms with E-state index in [4.69, 9.17) is 0 Å². The smallest absolute Gasteiger partial charge is 0.115 e. The molecule has 1 unspecified atom stereocenters. The Morgan fingerprint density at radius 1 is 1.14 bits per heavy atom. The number of hydrogen-bond acceptors (Lipinski definition) is 2. The molecule has 1 atom stereocenters. The van der Waals surface area contributed by atoms with E-state index in [-0.39, 0.29) is 0 Å². The van der Waals surface area contributed by atoms with Gasteiger partial charge >= 0.3 is 0 Å². The molecule has 1 aromatic carbocycles. The Bertz CT molecular complexity index is 543. The molecule has 1 heterocycles. The van der Waals surface area contributed by atoms with Gasteiger partial charge in [-0.25, -0.2) is 0 Å². The topological polar surface area (TPSA) is 37.2 Å². The summed E-state index contributed by atoms with van der Waals surface area (Å²) in [5.74, 6) is 0.886. The highest BCUT2D eigenvalue weighted by Gasteiger charge is 2.15. The highest BCUT2D eigenvalue weighted by atomic mass is 16.3. The lowest BCUT2D eigenvalue weighted by atomic mass is 9.98. The number of phenols is 1. The van der Waals surface area contributed by atoms with Gasteiger partial charge in [0.25, 0.3) is 0 Å². The lowest BCUT2D eigenvalue weighted by Gasteiger charge is -2.21. The molecule has 114 valence electrons. The number of benzene rings is 1. The molecule has 0 amide bonds. The predicted molar refractivity (Wildman–Crippen MR) is 87.5 cm³/mol. The lowest BCUT2D eigenvalue weighted by molar-refractivity contribution is 0.412. The van der Waals surface area contributed by atoms with Crippen molar-refractivity contribution in [3.63, 3.8) is 0 Å². The van der Waals surface area contributed by atoms with Gasteiger partial charge in [0.2, 0.25) is 0 Å². The summed E-state index contributed by atoms with van der Waals surface area (Å²) in [6, 6.07) is 10.0. The summed E-state index contributed by atoms with van der Waals surface area (Å²) in [4.78, 5) is 0. The number of aromatic nitrogens is 1. The van der Waals surface area contributed by atoms with Gasteiger partial charge in [0, 0.05) is 25.0 Å². The molecule has 21 heavy (non-hydrogen) atoms. The van der Waals surface area contributed by atoms with E-state index in [1.54, 1.807) is 12.1 Å². The van der Waals surface area contributed by atoms with Gasteiger partial charge in [-0.2, -0.15) is 0 Å². The van der Waals surface area contributed by atoms with Gasteiger partial charge in [0.05, 0.1) is 0 Å². The summed E-state index contributed by atoms with van der Waals surface area (Å²) in [5.41, 5.74) is 2.54. The maximum atomic E-state index is 9.33. The minimum absolute atomic E-state index is 0.315. The molecule has 0 saturated heterocycles. The minimum Gasteiger partial charge on any atom is -0.508 e. The van der Waals surface area contributed by atoms with Gasteiger partial charge in [-0.1, -0.05) is 32.9 Å². The largest absolute Gasteiger partial charge is 0.508 e. The van der Waals surface area contributed by atoms with E-state index in [9.17, 15) is 5.11 Å². The Morgan fingerprint density at radius 2 is 1.86 bits per heavy atom. The zero-order valence-electron chi connectivity index (χ0n) is 13.2. The molecule has 0 fully saturated rings. The molecule has 0 bridgehead atoms. The van der Waals surface area contributed by atoms with Crippen LogP contribution in [0.15, 0.2) is 42.7 Å². The Balaban J connectivity index is 2.07. The number of nitrogens with zero attached hydrogens (tertiary/aromatic N) is 1. The number of rotatable bonds is 7. The van der Waals surface area contributed by atoms with Gasteiger partial charge in [-0.05, 0) is 48.2 Å². The molecule has 0 aliphatic heterocycles. The van der Waals surface area contributed by atoms with Crippen molar-refractivity contribution in [2.45, 2.75) is 39.8 Å². The van der Waals surface area contributed by atoms with Crippen LogP contribution in [0.2, 0.25) is 0 Å².